The van der Waals surface area contributed by atoms with E-state index in [0.717, 1.165) is 22.6 Å². The predicted octanol–water partition coefficient (Wildman–Crippen LogP) is 4.70. The van der Waals surface area contributed by atoms with Crippen molar-refractivity contribution < 1.29 is 18.4 Å². The zero-order valence-corrected chi connectivity index (χ0v) is 15.4. The van der Waals surface area contributed by atoms with E-state index in [4.69, 9.17) is 0 Å². The SMILES string of the molecule is Cc1ccc(C2=C(SC(C)C)C(=O)N(c3ccc(F)cc3F)C2=O)cc1. The van der Waals surface area contributed by atoms with Crippen LogP contribution >= 0.6 is 11.8 Å². The van der Waals surface area contributed by atoms with Crippen LogP contribution in [0.25, 0.3) is 5.57 Å². The van der Waals surface area contributed by atoms with Gasteiger partial charge in [-0.25, -0.2) is 13.7 Å². The summed E-state index contributed by atoms with van der Waals surface area (Å²) in [5, 5.41) is 0.0558. The molecule has 2 amide bonds. The van der Waals surface area contributed by atoms with Crippen LogP contribution < -0.4 is 4.90 Å². The number of anilines is 1. The van der Waals surface area contributed by atoms with Gasteiger partial charge in [0, 0.05) is 11.3 Å². The topological polar surface area (TPSA) is 37.4 Å². The van der Waals surface area contributed by atoms with Crippen molar-refractivity contribution in [3.63, 3.8) is 0 Å². The van der Waals surface area contributed by atoms with E-state index in [1.807, 2.05) is 32.9 Å². The maximum Gasteiger partial charge on any atom is 0.272 e. The number of rotatable bonds is 4. The molecule has 0 saturated carbocycles. The van der Waals surface area contributed by atoms with Crippen LogP contribution in [0.15, 0.2) is 47.4 Å². The van der Waals surface area contributed by atoms with Gasteiger partial charge in [0.1, 0.15) is 11.6 Å². The molecule has 3 nitrogen and oxygen atoms in total. The molecule has 0 atom stereocenters. The van der Waals surface area contributed by atoms with Gasteiger partial charge in [-0.3, -0.25) is 9.59 Å². The van der Waals surface area contributed by atoms with E-state index in [2.05, 4.69) is 0 Å². The van der Waals surface area contributed by atoms with Gasteiger partial charge in [0.25, 0.3) is 11.8 Å². The van der Waals surface area contributed by atoms with Gasteiger partial charge in [-0.05, 0) is 24.6 Å². The lowest BCUT2D eigenvalue weighted by Crippen LogP contribution is -2.32. The number of aryl methyl sites for hydroxylation is 1. The van der Waals surface area contributed by atoms with Gasteiger partial charge in [0.15, 0.2) is 0 Å². The number of imide groups is 1. The molecule has 0 spiro atoms. The van der Waals surface area contributed by atoms with E-state index in [-0.39, 0.29) is 21.4 Å². The number of halogens is 2. The van der Waals surface area contributed by atoms with Crippen molar-refractivity contribution in [2.24, 2.45) is 0 Å². The molecule has 0 bridgehead atoms. The third-order valence-electron chi connectivity index (χ3n) is 3.89. The van der Waals surface area contributed by atoms with E-state index in [1.165, 1.54) is 11.8 Å². The number of hydrogen-bond donors (Lipinski definition) is 0. The van der Waals surface area contributed by atoms with Gasteiger partial charge >= 0.3 is 0 Å². The first-order chi connectivity index (χ1) is 12.3. The third kappa shape index (κ3) is 3.29. The zero-order valence-electron chi connectivity index (χ0n) is 14.5. The molecule has 2 aromatic rings. The highest BCUT2D eigenvalue weighted by Crippen LogP contribution is 2.40. The molecule has 0 radical (unpaired) electrons. The van der Waals surface area contributed by atoms with Crippen LogP contribution in [0.1, 0.15) is 25.0 Å². The highest BCUT2D eigenvalue weighted by atomic mass is 32.2. The molecule has 3 rings (SSSR count). The van der Waals surface area contributed by atoms with Crippen LogP contribution in [0.2, 0.25) is 0 Å². The van der Waals surface area contributed by atoms with Gasteiger partial charge < -0.3 is 0 Å². The van der Waals surface area contributed by atoms with Crippen LogP contribution in [-0.4, -0.2) is 17.1 Å². The Kier molecular flexibility index (Phi) is 4.96. The number of carbonyl (C=O) groups is 2. The first-order valence-corrected chi connectivity index (χ1v) is 8.99. The largest absolute Gasteiger partial charge is 0.272 e. The Bertz CT molecular complexity index is 920. The van der Waals surface area contributed by atoms with Crippen LogP contribution in [0.5, 0.6) is 0 Å². The Hall–Kier alpha value is -2.47. The number of carbonyl (C=O) groups excluding carboxylic acids is 2. The molecule has 134 valence electrons. The summed E-state index contributed by atoms with van der Waals surface area (Å²) in [5.74, 6) is -2.91. The maximum absolute atomic E-state index is 14.2. The minimum absolute atomic E-state index is 0.0558. The Morgan fingerprint density at radius 3 is 2.19 bits per heavy atom. The zero-order chi connectivity index (χ0) is 19.0. The molecule has 1 aliphatic heterocycles. The summed E-state index contributed by atoms with van der Waals surface area (Å²) in [6.45, 7) is 5.73. The molecule has 1 aliphatic rings. The highest BCUT2D eigenvalue weighted by Gasteiger charge is 2.41. The van der Waals surface area contributed by atoms with Gasteiger partial charge in [-0.15, -0.1) is 11.8 Å². The molecule has 0 fully saturated rings. The Morgan fingerprint density at radius 1 is 0.962 bits per heavy atom. The number of amides is 2. The molecule has 0 unspecified atom stereocenters. The fourth-order valence-electron chi connectivity index (χ4n) is 2.71. The van der Waals surface area contributed by atoms with E-state index in [0.29, 0.717) is 11.6 Å². The van der Waals surface area contributed by atoms with Crippen molar-refractivity contribution in [1.29, 1.82) is 0 Å². The molecule has 2 aromatic carbocycles. The van der Waals surface area contributed by atoms with E-state index < -0.39 is 23.4 Å². The van der Waals surface area contributed by atoms with Crippen LogP contribution in [-0.2, 0) is 9.59 Å². The average molecular weight is 373 g/mol. The lowest BCUT2D eigenvalue weighted by molar-refractivity contribution is -0.119. The number of nitrogens with zero attached hydrogens (tertiary/aromatic N) is 1. The minimum Gasteiger partial charge on any atom is -0.268 e. The Balaban J connectivity index is 2.12. The lowest BCUT2D eigenvalue weighted by Gasteiger charge is -2.16. The van der Waals surface area contributed by atoms with Crippen LogP contribution in [0, 0.1) is 18.6 Å². The third-order valence-corrected chi connectivity index (χ3v) is 4.97. The van der Waals surface area contributed by atoms with Crippen molar-refractivity contribution in [2.75, 3.05) is 4.90 Å². The quantitative estimate of drug-likeness (QED) is 0.729. The van der Waals surface area contributed by atoms with Crippen molar-refractivity contribution in [3.8, 4) is 0 Å². The highest BCUT2D eigenvalue weighted by molar-refractivity contribution is 8.04. The first-order valence-electron chi connectivity index (χ1n) is 8.11. The van der Waals surface area contributed by atoms with Crippen molar-refractivity contribution in [1.82, 2.24) is 0 Å². The van der Waals surface area contributed by atoms with Gasteiger partial charge in [-0.2, -0.15) is 0 Å². The molecule has 0 aromatic heterocycles. The standard InChI is InChI=1S/C20H17F2NO2S/c1-11(2)26-18-17(13-6-4-12(3)5-7-13)19(24)23(20(18)25)16-9-8-14(21)10-15(16)22/h4-11H,1-3H3. The normalized spacial score (nSPS) is 14.8. The van der Waals surface area contributed by atoms with Crippen molar-refractivity contribution in [3.05, 3.63) is 70.1 Å². The predicted molar refractivity (Wildman–Crippen MR) is 99.7 cm³/mol. The number of hydrogen-bond acceptors (Lipinski definition) is 3. The molecule has 6 heteroatoms. The van der Waals surface area contributed by atoms with Gasteiger partial charge in [-0.1, -0.05) is 43.7 Å². The summed E-state index contributed by atoms with van der Waals surface area (Å²) in [6.07, 6.45) is 0. The molecule has 0 saturated heterocycles. The van der Waals surface area contributed by atoms with Crippen LogP contribution in [0.4, 0.5) is 14.5 Å². The minimum atomic E-state index is -0.953. The molecular formula is C20H17F2NO2S. The molecule has 1 heterocycles. The molecule has 0 aliphatic carbocycles. The van der Waals surface area contributed by atoms with E-state index in [9.17, 15) is 18.4 Å². The first kappa shape index (κ1) is 18.3. The van der Waals surface area contributed by atoms with Gasteiger partial charge in [0.05, 0.1) is 16.2 Å². The number of thioether (sulfide) groups is 1. The summed E-state index contributed by atoms with van der Waals surface area (Å²) in [7, 11) is 0. The van der Waals surface area contributed by atoms with Crippen molar-refractivity contribution in [2.45, 2.75) is 26.0 Å². The summed E-state index contributed by atoms with van der Waals surface area (Å²) < 4.78 is 27.4. The van der Waals surface area contributed by atoms with E-state index >= 15 is 0 Å². The summed E-state index contributed by atoms with van der Waals surface area (Å²) in [4.78, 5) is 27.0. The Morgan fingerprint density at radius 2 is 1.62 bits per heavy atom. The Labute approximate surface area is 154 Å². The average Bonchev–Trinajstić information content (AvgIpc) is 2.79. The van der Waals surface area contributed by atoms with Crippen molar-refractivity contribution >= 4 is 34.8 Å². The second kappa shape index (κ2) is 7.03. The van der Waals surface area contributed by atoms with E-state index in [1.54, 1.807) is 12.1 Å². The second-order valence-electron chi connectivity index (χ2n) is 6.28. The fourth-order valence-corrected chi connectivity index (χ4v) is 3.70. The molecule has 26 heavy (non-hydrogen) atoms. The summed E-state index contributed by atoms with van der Waals surface area (Å²) in [5.41, 5.74) is 1.62. The maximum atomic E-state index is 14.2. The monoisotopic (exact) mass is 373 g/mol. The lowest BCUT2D eigenvalue weighted by atomic mass is 10.0. The smallest absolute Gasteiger partial charge is 0.268 e. The number of benzene rings is 2. The van der Waals surface area contributed by atoms with Crippen LogP contribution in [0.3, 0.4) is 0 Å². The molecule has 0 N–H and O–H groups in total. The molecular weight excluding hydrogens is 356 g/mol. The van der Waals surface area contributed by atoms with Gasteiger partial charge in [0.2, 0.25) is 0 Å². The summed E-state index contributed by atoms with van der Waals surface area (Å²) >= 11 is 1.26. The fraction of sp³-hybridized carbons (Fsp3) is 0.200. The summed E-state index contributed by atoms with van der Waals surface area (Å²) in [6, 6.07) is 10.0. The second-order valence-corrected chi connectivity index (χ2v) is 7.86.